The lowest BCUT2D eigenvalue weighted by Crippen LogP contribution is -2.77. The summed E-state index contributed by atoms with van der Waals surface area (Å²) in [6.07, 6.45) is -0.807. The molecular weight excluding hydrogens is 262 g/mol. The Balaban J connectivity index is 2.28. The van der Waals surface area contributed by atoms with Crippen LogP contribution in [0.4, 0.5) is 4.79 Å². The number of amides is 2. The van der Waals surface area contributed by atoms with Crippen LogP contribution >= 0.6 is 0 Å². The summed E-state index contributed by atoms with van der Waals surface area (Å²) in [4.78, 5) is 27.9. The highest BCUT2D eigenvalue weighted by Gasteiger charge is 2.70. The predicted molar refractivity (Wildman–Crippen MR) is 73.1 cm³/mol. The van der Waals surface area contributed by atoms with Gasteiger partial charge in [-0.2, -0.15) is 0 Å². The maximum Gasteiger partial charge on any atom is 0.412 e. The van der Waals surface area contributed by atoms with E-state index in [0.717, 1.165) is 0 Å². The molecule has 6 heteroatoms. The van der Waals surface area contributed by atoms with Crippen LogP contribution in [0.25, 0.3) is 0 Å². The van der Waals surface area contributed by atoms with Crippen LogP contribution in [0.2, 0.25) is 0 Å². The van der Waals surface area contributed by atoms with Crippen molar-refractivity contribution >= 4 is 12.0 Å². The summed E-state index contributed by atoms with van der Waals surface area (Å²) >= 11 is 0. The Morgan fingerprint density at radius 3 is 2.30 bits per heavy atom. The van der Waals surface area contributed by atoms with Gasteiger partial charge in [-0.25, -0.2) is 4.79 Å². The van der Waals surface area contributed by atoms with Crippen molar-refractivity contribution in [2.75, 3.05) is 13.7 Å². The number of methoxy groups -OCH3 is 1. The molecule has 2 saturated heterocycles. The summed E-state index contributed by atoms with van der Waals surface area (Å²) in [6, 6.07) is 0. The van der Waals surface area contributed by atoms with Crippen molar-refractivity contribution in [1.82, 2.24) is 9.80 Å². The number of nitrogens with zero attached hydrogens (tertiary/aromatic N) is 2. The first-order chi connectivity index (χ1) is 8.94. The molecule has 0 N–H and O–H groups in total. The van der Waals surface area contributed by atoms with E-state index in [2.05, 4.69) is 0 Å². The second-order valence-corrected chi connectivity index (χ2v) is 7.28. The minimum Gasteiger partial charge on any atom is -0.444 e. The number of hydrogen-bond acceptors (Lipinski definition) is 4. The number of hydrogen-bond donors (Lipinski definition) is 0. The van der Waals surface area contributed by atoms with Gasteiger partial charge in [0.15, 0.2) is 5.60 Å². The number of rotatable bonds is 1. The van der Waals surface area contributed by atoms with Gasteiger partial charge in [-0.15, -0.1) is 0 Å². The quantitative estimate of drug-likeness (QED) is 0.542. The van der Waals surface area contributed by atoms with Gasteiger partial charge in [0.1, 0.15) is 11.8 Å². The molecule has 2 fully saturated rings. The molecule has 2 rings (SSSR count). The minimum absolute atomic E-state index is 0.0824. The zero-order valence-corrected chi connectivity index (χ0v) is 13.3. The van der Waals surface area contributed by atoms with E-state index >= 15 is 0 Å². The molecule has 0 aromatic carbocycles. The molecule has 6 nitrogen and oxygen atoms in total. The zero-order chi connectivity index (χ0) is 15.5. The fraction of sp³-hybridized carbons (Fsp3) is 0.857. The van der Waals surface area contributed by atoms with Crippen molar-refractivity contribution in [3.8, 4) is 0 Å². The Bertz CT molecular complexity index is 455. The van der Waals surface area contributed by atoms with Gasteiger partial charge in [0.05, 0.1) is 5.54 Å². The molecular formula is C14H24N2O4. The molecule has 0 aliphatic carbocycles. The molecule has 2 aliphatic heterocycles. The van der Waals surface area contributed by atoms with Gasteiger partial charge in [0, 0.05) is 13.7 Å². The van der Waals surface area contributed by atoms with Crippen LogP contribution in [-0.2, 0) is 14.3 Å². The highest BCUT2D eigenvalue weighted by molar-refractivity contribution is 5.95. The van der Waals surface area contributed by atoms with Crippen LogP contribution in [0, 0.1) is 0 Å². The van der Waals surface area contributed by atoms with E-state index in [0.29, 0.717) is 6.54 Å². The Morgan fingerprint density at radius 1 is 1.30 bits per heavy atom. The molecule has 0 saturated carbocycles. The summed E-state index contributed by atoms with van der Waals surface area (Å²) < 4.78 is 10.8. The van der Waals surface area contributed by atoms with Crippen molar-refractivity contribution in [1.29, 1.82) is 0 Å². The third kappa shape index (κ3) is 1.97. The third-order valence-electron chi connectivity index (χ3n) is 3.94. The van der Waals surface area contributed by atoms with Crippen LogP contribution in [0.1, 0.15) is 41.5 Å². The summed E-state index contributed by atoms with van der Waals surface area (Å²) in [6.45, 7) is 11.5. The first kappa shape index (κ1) is 15.1. The second-order valence-electron chi connectivity index (χ2n) is 7.28. The topological polar surface area (TPSA) is 59.1 Å². The first-order valence-electron chi connectivity index (χ1n) is 6.82. The van der Waals surface area contributed by atoms with Gasteiger partial charge in [-0.3, -0.25) is 9.69 Å². The maximum atomic E-state index is 12.4. The van der Waals surface area contributed by atoms with E-state index in [1.165, 1.54) is 7.11 Å². The van der Waals surface area contributed by atoms with E-state index < -0.39 is 29.0 Å². The molecule has 2 aliphatic rings. The lowest BCUT2D eigenvalue weighted by atomic mass is 10.1. The molecule has 1 unspecified atom stereocenters. The van der Waals surface area contributed by atoms with E-state index in [1.54, 1.807) is 16.7 Å². The molecule has 0 aromatic heterocycles. The second kappa shape index (κ2) is 4.10. The number of carbonyl (C=O) groups excluding carboxylic acids is 2. The van der Waals surface area contributed by atoms with E-state index in [-0.39, 0.29) is 5.91 Å². The number of carbonyl (C=O) groups is 2. The lowest BCUT2D eigenvalue weighted by Gasteiger charge is -2.54. The van der Waals surface area contributed by atoms with Gasteiger partial charge in [0.25, 0.3) is 5.91 Å². The normalized spacial score (nSPS) is 31.9. The Kier molecular flexibility index (Phi) is 3.09. The van der Waals surface area contributed by atoms with Gasteiger partial charge >= 0.3 is 6.09 Å². The molecule has 114 valence electrons. The van der Waals surface area contributed by atoms with Crippen LogP contribution < -0.4 is 0 Å². The highest BCUT2D eigenvalue weighted by Crippen LogP contribution is 2.46. The molecule has 0 aromatic rings. The zero-order valence-electron chi connectivity index (χ0n) is 13.3. The molecule has 0 spiro atoms. The summed E-state index contributed by atoms with van der Waals surface area (Å²) in [5, 5.41) is 0. The molecule has 0 bridgehead atoms. The van der Waals surface area contributed by atoms with Gasteiger partial charge in [-0.05, 0) is 41.5 Å². The smallest absolute Gasteiger partial charge is 0.412 e. The van der Waals surface area contributed by atoms with Gasteiger partial charge < -0.3 is 14.4 Å². The largest absolute Gasteiger partial charge is 0.444 e. The van der Waals surface area contributed by atoms with Crippen molar-refractivity contribution in [2.24, 2.45) is 0 Å². The summed E-state index contributed by atoms with van der Waals surface area (Å²) in [5.74, 6) is -0.0824. The Morgan fingerprint density at radius 2 is 1.85 bits per heavy atom. The molecule has 2 amide bonds. The lowest BCUT2D eigenvalue weighted by molar-refractivity contribution is -0.208. The monoisotopic (exact) mass is 286 g/mol. The average molecular weight is 286 g/mol. The average Bonchev–Trinajstić information content (AvgIpc) is 2.55. The van der Waals surface area contributed by atoms with E-state index in [1.807, 2.05) is 34.6 Å². The molecule has 2 atom stereocenters. The van der Waals surface area contributed by atoms with Crippen molar-refractivity contribution in [2.45, 2.75) is 64.4 Å². The molecule has 20 heavy (non-hydrogen) atoms. The maximum absolute atomic E-state index is 12.4. The van der Waals surface area contributed by atoms with Gasteiger partial charge in [0.2, 0.25) is 0 Å². The Hall–Kier alpha value is -1.30. The third-order valence-corrected chi connectivity index (χ3v) is 3.94. The number of fused-ring (bicyclic) bond motifs is 1. The fourth-order valence-corrected chi connectivity index (χ4v) is 2.94. The highest BCUT2D eigenvalue weighted by atomic mass is 16.6. The van der Waals surface area contributed by atoms with Crippen molar-refractivity contribution in [3.63, 3.8) is 0 Å². The van der Waals surface area contributed by atoms with Crippen LogP contribution in [0.15, 0.2) is 0 Å². The molecule has 2 heterocycles. The minimum atomic E-state index is -0.981. The van der Waals surface area contributed by atoms with Crippen LogP contribution in [0.5, 0.6) is 0 Å². The van der Waals surface area contributed by atoms with Crippen molar-refractivity contribution < 1.29 is 19.1 Å². The number of ether oxygens (including phenoxy) is 2. The summed E-state index contributed by atoms with van der Waals surface area (Å²) in [7, 11) is 1.49. The van der Waals surface area contributed by atoms with Gasteiger partial charge in [-0.1, -0.05) is 0 Å². The van der Waals surface area contributed by atoms with Crippen LogP contribution in [0.3, 0.4) is 0 Å². The fourth-order valence-electron chi connectivity index (χ4n) is 2.94. The first-order valence-corrected chi connectivity index (χ1v) is 6.82. The standard InChI is InChI=1S/C14H24N2O4/c1-12(2,3)20-11(18)15-8-13(4,5)16-9(15)14(6,19-7)10(16)17/h9H,8H2,1-7H3/t9?,14-/m1/s1/i10+1,14+1. The summed E-state index contributed by atoms with van der Waals surface area (Å²) in [5.41, 5.74) is -1.95. The SMILES string of the molecule is CO[13C@]1(C)C2N(C(=O)OC(C)(C)C)CC(C)(C)N2[13C]1=O. The van der Waals surface area contributed by atoms with Crippen LogP contribution in [-0.4, -0.2) is 58.4 Å². The predicted octanol–water partition coefficient (Wildman–Crippen LogP) is 1.59. The van der Waals surface area contributed by atoms with E-state index in [4.69, 9.17) is 9.47 Å². The Labute approximate surface area is 120 Å². The van der Waals surface area contributed by atoms with Crippen molar-refractivity contribution in [3.05, 3.63) is 0 Å². The number of β-lactam (4-membered cyclic amide) rings is 1. The van der Waals surface area contributed by atoms with E-state index in [9.17, 15) is 9.59 Å². The molecule has 0 radical (unpaired) electrons.